The second kappa shape index (κ2) is 7.69. The lowest BCUT2D eigenvalue weighted by molar-refractivity contribution is 0.160. The lowest BCUT2D eigenvalue weighted by atomic mass is 10.2. The number of rotatable bonds is 7. The zero-order chi connectivity index (χ0) is 10.9. The van der Waals surface area contributed by atoms with Gasteiger partial charge in [0.1, 0.15) is 0 Å². The minimum Gasteiger partial charge on any atom is -0.392 e. The smallest absolute Gasteiger partial charge is 0.0665 e. The molecule has 2 N–H and O–H groups in total. The van der Waals surface area contributed by atoms with E-state index in [2.05, 4.69) is 17.4 Å². The minimum absolute atomic E-state index is 0.285. The van der Waals surface area contributed by atoms with Crippen molar-refractivity contribution in [2.75, 3.05) is 12.4 Å². The number of nitrogens with one attached hydrogen (secondary N) is 1. The minimum atomic E-state index is -0.285. The summed E-state index contributed by atoms with van der Waals surface area (Å²) in [5.74, 6) is 0.621. The van der Waals surface area contributed by atoms with Gasteiger partial charge in [-0.1, -0.05) is 30.3 Å². The highest BCUT2D eigenvalue weighted by Gasteiger charge is 2.02. The molecule has 1 aromatic carbocycles. The van der Waals surface area contributed by atoms with Crippen molar-refractivity contribution in [1.29, 1.82) is 0 Å². The van der Waals surface area contributed by atoms with E-state index in [9.17, 15) is 5.11 Å². The summed E-state index contributed by atoms with van der Waals surface area (Å²) < 4.78 is 0. The number of alkyl halides is 1. The Balaban J connectivity index is 2.11. The monoisotopic (exact) mass is 227 g/mol. The van der Waals surface area contributed by atoms with Crippen LogP contribution in [-0.2, 0) is 6.54 Å². The van der Waals surface area contributed by atoms with E-state index in [1.165, 1.54) is 5.56 Å². The second-order valence-corrected chi connectivity index (χ2v) is 3.98. The van der Waals surface area contributed by atoms with E-state index in [1.54, 1.807) is 0 Å². The third-order valence-electron chi connectivity index (χ3n) is 2.22. The summed E-state index contributed by atoms with van der Waals surface area (Å²) >= 11 is 5.54. The van der Waals surface area contributed by atoms with Crippen LogP contribution in [0.15, 0.2) is 30.3 Å². The maximum Gasteiger partial charge on any atom is 0.0665 e. The van der Waals surface area contributed by atoms with Crippen LogP contribution in [0.25, 0.3) is 0 Å². The van der Waals surface area contributed by atoms with Gasteiger partial charge in [-0.2, -0.15) is 0 Å². The van der Waals surface area contributed by atoms with Crippen molar-refractivity contribution >= 4 is 11.6 Å². The first-order valence-corrected chi connectivity index (χ1v) is 5.85. The van der Waals surface area contributed by atoms with Gasteiger partial charge in [-0.05, 0) is 18.4 Å². The van der Waals surface area contributed by atoms with E-state index < -0.39 is 0 Å². The van der Waals surface area contributed by atoms with Gasteiger partial charge in [0.05, 0.1) is 6.10 Å². The van der Waals surface area contributed by atoms with Gasteiger partial charge in [-0.3, -0.25) is 0 Å². The average Bonchev–Trinajstić information content (AvgIpc) is 2.28. The summed E-state index contributed by atoms with van der Waals surface area (Å²) in [5, 5.41) is 12.8. The first kappa shape index (κ1) is 12.5. The molecule has 0 aliphatic rings. The summed E-state index contributed by atoms with van der Waals surface area (Å²) in [6, 6.07) is 10.2. The highest BCUT2D eigenvalue weighted by molar-refractivity contribution is 6.17. The largest absolute Gasteiger partial charge is 0.392 e. The van der Waals surface area contributed by atoms with Crippen molar-refractivity contribution < 1.29 is 5.11 Å². The molecule has 15 heavy (non-hydrogen) atoms. The van der Waals surface area contributed by atoms with E-state index in [1.807, 2.05) is 18.2 Å². The van der Waals surface area contributed by atoms with Crippen molar-refractivity contribution in [3.63, 3.8) is 0 Å². The molecule has 0 saturated heterocycles. The number of aliphatic hydroxyl groups excluding tert-OH is 1. The molecule has 1 atom stereocenters. The van der Waals surface area contributed by atoms with Gasteiger partial charge < -0.3 is 10.4 Å². The van der Waals surface area contributed by atoms with Crippen LogP contribution in [0.4, 0.5) is 0 Å². The number of aliphatic hydroxyl groups is 1. The number of benzene rings is 1. The second-order valence-electron chi connectivity index (χ2n) is 3.60. The molecule has 0 saturated carbocycles. The third kappa shape index (κ3) is 5.78. The standard InChI is InChI=1S/C12H18ClNO/c13-8-4-7-12(15)10-14-9-11-5-2-1-3-6-11/h1-3,5-6,12,14-15H,4,7-10H2. The van der Waals surface area contributed by atoms with Crippen LogP contribution in [0.3, 0.4) is 0 Å². The molecule has 1 rings (SSSR count). The maximum absolute atomic E-state index is 9.54. The molecule has 0 aliphatic heterocycles. The molecule has 84 valence electrons. The molecule has 0 aliphatic carbocycles. The van der Waals surface area contributed by atoms with Crippen LogP contribution in [0.5, 0.6) is 0 Å². The normalized spacial score (nSPS) is 12.7. The SMILES string of the molecule is OC(CCCCl)CNCc1ccccc1. The zero-order valence-corrected chi connectivity index (χ0v) is 9.58. The summed E-state index contributed by atoms with van der Waals surface area (Å²) in [6.07, 6.45) is 1.36. The van der Waals surface area contributed by atoms with Crippen molar-refractivity contribution in [2.45, 2.75) is 25.5 Å². The van der Waals surface area contributed by atoms with Gasteiger partial charge in [0.25, 0.3) is 0 Å². The summed E-state index contributed by atoms with van der Waals surface area (Å²) in [5.41, 5.74) is 1.24. The Bertz CT molecular complexity index is 253. The summed E-state index contributed by atoms with van der Waals surface area (Å²) in [4.78, 5) is 0. The van der Waals surface area contributed by atoms with Crippen LogP contribution in [0.2, 0.25) is 0 Å². The van der Waals surface area contributed by atoms with Crippen LogP contribution in [0, 0.1) is 0 Å². The van der Waals surface area contributed by atoms with Gasteiger partial charge in [-0.15, -0.1) is 11.6 Å². The van der Waals surface area contributed by atoms with E-state index in [4.69, 9.17) is 11.6 Å². The quantitative estimate of drug-likeness (QED) is 0.700. The van der Waals surface area contributed by atoms with Gasteiger partial charge in [-0.25, -0.2) is 0 Å². The van der Waals surface area contributed by atoms with Crippen molar-refractivity contribution in [3.05, 3.63) is 35.9 Å². The molecular formula is C12H18ClNO. The van der Waals surface area contributed by atoms with Crippen molar-refractivity contribution in [1.82, 2.24) is 5.32 Å². The molecule has 0 aromatic heterocycles. The molecule has 0 amide bonds. The lowest BCUT2D eigenvalue weighted by Crippen LogP contribution is -2.26. The molecule has 0 radical (unpaired) electrons. The Morgan fingerprint density at radius 1 is 1.27 bits per heavy atom. The molecule has 2 nitrogen and oxygen atoms in total. The first-order chi connectivity index (χ1) is 7.33. The molecule has 0 fully saturated rings. The van der Waals surface area contributed by atoms with Gasteiger partial charge in [0, 0.05) is 19.0 Å². The number of hydrogen-bond donors (Lipinski definition) is 2. The molecule has 0 bridgehead atoms. The fraction of sp³-hybridized carbons (Fsp3) is 0.500. The van der Waals surface area contributed by atoms with Gasteiger partial charge in [0.2, 0.25) is 0 Å². The van der Waals surface area contributed by atoms with Crippen LogP contribution >= 0.6 is 11.6 Å². The highest BCUT2D eigenvalue weighted by Crippen LogP contribution is 2.00. The van der Waals surface area contributed by atoms with Crippen molar-refractivity contribution in [3.8, 4) is 0 Å². The van der Waals surface area contributed by atoms with E-state index >= 15 is 0 Å². The zero-order valence-electron chi connectivity index (χ0n) is 8.82. The highest BCUT2D eigenvalue weighted by atomic mass is 35.5. The van der Waals surface area contributed by atoms with Crippen LogP contribution in [0.1, 0.15) is 18.4 Å². The number of halogens is 1. The van der Waals surface area contributed by atoms with Gasteiger partial charge >= 0.3 is 0 Å². The summed E-state index contributed by atoms with van der Waals surface area (Å²) in [6.45, 7) is 1.44. The Hall–Kier alpha value is -0.570. The molecule has 0 spiro atoms. The Labute approximate surface area is 96.3 Å². The van der Waals surface area contributed by atoms with Gasteiger partial charge in [0.15, 0.2) is 0 Å². The molecule has 1 unspecified atom stereocenters. The fourth-order valence-electron chi connectivity index (χ4n) is 1.39. The maximum atomic E-state index is 9.54. The van der Waals surface area contributed by atoms with E-state index in [0.717, 1.165) is 19.4 Å². The number of hydrogen-bond acceptors (Lipinski definition) is 2. The van der Waals surface area contributed by atoms with E-state index in [-0.39, 0.29) is 6.10 Å². The van der Waals surface area contributed by atoms with Crippen LogP contribution < -0.4 is 5.32 Å². The molecular weight excluding hydrogens is 210 g/mol. The molecule has 0 heterocycles. The lowest BCUT2D eigenvalue weighted by Gasteiger charge is -2.10. The third-order valence-corrected chi connectivity index (χ3v) is 2.49. The first-order valence-electron chi connectivity index (χ1n) is 5.31. The Morgan fingerprint density at radius 3 is 2.67 bits per heavy atom. The van der Waals surface area contributed by atoms with Crippen LogP contribution in [-0.4, -0.2) is 23.6 Å². The predicted octanol–water partition coefficient (Wildman–Crippen LogP) is 2.16. The van der Waals surface area contributed by atoms with E-state index in [0.29, 0.717) is 12.4 Å². The average molecular weight is 228 g/mol. The Kier molecular flexibility index (Phi) is 6.41. The Morgan fingerprint density at radius 2 is 2.00 bits per heavy atom. The topological polar surface area (TPSA) is 32.3 Å². The predicted molar refractivity (Wildman–Crippen MR) is 64.1 cm³/mol. The summed E-state index contributed by atoms with van der Waals surface area (Å²) in [7, 11) is 0. The van der Waals surface area contributed by atoms with Crippen molar-refractivity contribution in [2.24, 2.45) is 0 Å². The molecule has 3 heteroatoms. The fourth-order valence-corrected chi connectivity index (χ4v) is 1.55. The molecule has 1 aromatic rings.